The lowest BCUT2D eigenvalue weighted by Crippen LogP contribution is -2.23. The fourth-order valence-electron chi connectivity index (χ4n) is 3.06. The molecular formula is C19H20N2O5. The number of benzene rings is 2. The molecule has 0 radical (unpaired) electrons. The van der Waals surface area contributed by atoms with E-state index in [0.717, 1.165) is 48.1 Å². The predicted molar refractivity (Wildman–Crippen MR) is 95.6 cm³/mol. The molecule has 1 aliphatic carbocycles. The standard InChI is InChI=1S/C19H20N2O5/c1-20-19(22)26-18-11-10-17(15-4-2-3-5-16(15)18)25-12-13-6-8-14(9-7-13)21(23)24/h6-11H,2-5,12H2,1H3,(H,20,22). The number of nitro benzene ring substituents is 1. The highest BCUT2D eigenvalue weighted by Crippen LogP contribution is 2.36. The van der Waals surface area contributed by atoms with Crippen LogP contribution < -0.4 is 14.8 Å². The molecule has 2 aromatic carbocycles. The number of amides is 1. The zero-order valence-electron chi connectivity index (χ0n) is 14.5. The molecule has 136 valence electrons. The smallest absolute Gasteiger partial charge is 0.412 e. The van der Waals surface area contributed by atoms with E-state index < -0.39 is 11.0 Å². The number of nitro groups is 1. The largest absolute Gasteiger partial charge is 0.489 e. The van der Waals surface area contributed by atoms with Crippen molar-refractivity contribution in [1.29, 1.82) is 0 Å². The lowest BCUT2D eigenvalue weighted by Gasteiger charge is -2.22. The predicted octanol–water partition coefficient (Wildman–Crippen LogP) is 3.77. The molecule has 0 spiro atoms. The van der Waals surface area contributed by atoms with Gasteiger partial charge in [-0.1, -0.05) is 0 Å². The highest BCUT2D eigenvalue weighted by Gasteiger charge is 2.20. The zero-order valence-corrected chi connectivity index (χ0v) is 14.5. The Morgan fingerprint density at radius 2 is 1.69 bits per heavy atom. The van der Waals surface area contributed by atoms with Crippen LogP contribution in [0.3, 0.4) is 0 Å². The monoisotopic (exact) mass is 356 g/mol. The first-order valence-electron chi connectivity index (χ1n) is 8.49. The van der Waals surface area contributed by atoms with Gasteiger partial charge in [-0.3, -0.25) is 10.1 Å². The number of hydrogen-bond donors (Lipinski definition) is 1. The van der Waals surface area contributed by atoms with Gasteiger partial charge in [0.15, 0.2) is 0 Å². The second-order valence-corrected chi connectivity index (χ2v) is 6.08. The number of hydrogen-bond acceptors (Lipinski definition) is 5. The van der Waals surface area contributed by atoms with Crippen molar-refractivity contribution < 1.29 is 19.2 Å². The van der Waals surface area contributed by atoms with Crippen LogP contribution in [0.15, 0.2) is 36.4 Å². The van der Waals surface area contributed by atoms with Gasteiger partial charge in [-0.25, -0.2) is 4.79 Å². The van der Waals surface area contributed by atoms with Gasteiger partial charge in [-0.05, 0) is 55.5 Å². The lowest BCUT2D eigenvalue weighted by atomic mass is 9.90. The molecule has 1 amide bonds. The number of carbonyl (C=O) groups is 1. The van der Waals surface area contributed by atoms with E-state index in [1.54, 1.807) is 18.2 Å². The highest BCUT2D eigenvalue weighted by atomic mass is 16.6. The van der Waals surface area contributed by atoms with Gasteiger partial charge in [-0.15, -0.1) is 0 Å². The molecule has 0 fully saturated rings. The van der Waals surface area contributed by atoms with Crippen molar-refractivity contribution in [1.82, 2.24) is 5.32 Å². The van der Waals surface area contributed by atoms with Gasteiger partial charge in [0.1, 0.15) is 18.1 Å². The zero-order chi connectivity index (χ0) is 18.5. The average molecular weight is 356 g/mol. The maximum atomic E-state index is 11.5. The lowest BCUT2D eigenvalue weighted by molar-refractivity contribution is -0.384. The van der Waals surface area contributed by atoms with E-state index in [0.29, 0.717) is 12.4 Å². The van der Waals surface area contributed by atoms with Crippen LogP contribution in [-0.2, 0) is 19.4 Å². The Morgan fingerprint density at radius 3 is 2.31 bits per heavy atom. The molecule has 0 saturated heterocycles. The molecule has 7 heteroatoms. The third-order valence-corrected chi connectivity index (χ3v) is 4.40. The number of rotatable bonds is 5. The molecule has 0 heterocycles. The summed E-state index contributed by atoms with van der Waals surface area (Å²) in [6.07, 6.45) is 3.33. The van der Waals surface area contributed by atoms with Crippen molar-refractivity contribution in [3.63, 3.8) is 0 Å². The van der Waals surface area contributed by atoms with E-state index in [9.17, 15) is 14.9 Å². The van der Waals surface area contributed by atoms with E-state index in [2.05, 4.69) is 5.32 Å². The summed E-state index contributed by atoms with van der Waals surface area (Å²) in [4.78, 5) is 21.8. The van der Waals surface area contributed by atoms with Gasteiger partial charge in [0.25, 0.3) is 5.69 Å². The summed E-state index contributed by atoms with van der Waals surface area (Å²) < 4.78 is 11.3. The van der Waals surface area contributed by atoms with Crippen molar-refractivity contribution in [2.45, 2.75) is 32.3 Å². The molecule has 0 aromatic heterocycles. The summed E-state index contributed by atoms with van der Waals surface area (Å²) in [5, 5.41) is 13.2. The third kappa shape index (κ3) is 3.93. The SMILES string of the molecule is CNC(=O)Oc1ccc(OCc2ccc([N+](=O)[O-])cc2)c2c1CCCC2. The van der Waals surface area contributed by atoms with E-state index in [-0.39, 0.29) is 5.69 Å². The molecular weight excluding hydrogens is 336 g/mol. The van der Waals surface area contributed by atoms with Gasteiger partial charge < -0.3 is 14.8 Å². The van der Waals surface area contributed by atoms with Crippen LogP contribution in [0.25, 0.3) is 0 Å². The van der Waals surface area contributed by atoms with E-state index in [1.165, 1.54) is 19.2 Å². The summed E-state index contributed by atoms with van der Waals surface area (Å²) >= 11 is 0. The van der Waals surface area contributed by atoms with Gasteiger partial charge in [0.2, 0.25) is 0 Å². The molecule has 1 N–H and O–H groups in total. The molecule has 0 bridgehead atoms. The van der Waals surface area contributed by atoms with Crippen LogP contribution in [0.4, 0.5) is 10.5 Å². The number of non-ortho nitro benzene ring substituents is 1. The van der Waals surface area contributed by atoms with Crippen molar-refractivity contribution >= 4 is 11.8 Å². The Balaban J connectivity index is 1.77. The summed E-state index contributed by atoms with van der Waals surface area (Å²) in [5.74, 6) is 1.34. The van der Waals surface area contributed by atoms with E-state index in [4.69, 9.17) is 9.47 Å². The minimum atomic E-state index is -0.489. The van der Waals surface area contributed by atoms with Gasteiger partial charge >= 0.3 is 6.09 Å². The Bertz CT molecular complexity index is 817. The van der Waals surface area contributed by atoms with Gasteiger partial charge in [0.05, 0.1) is 4.92 Å². The maximum absolute atomic E-state index is 11.5. The Hall–Kier alpha value is -3.09. The maximum Gasteiger partial charge on any atom is 0.412 e. The number of ether oxygens (including phenoxy) is 2. The first-order valence-corrected chi connectivity index (χ1v) is 8.49. The molecule has 0 saturated carbocycles. The Morgan fingerprint density at radius 1 is 1.08 bits per heavy atom. The number of fused-ring (bicyclic) bond motifs is 1. The van der Waals surface area contributed by atoms with Crippen LogP contribution in [0.5, 0.6) is 11.5 Å². The molecule has 7 nitrogen and oxygen atoms in total. The van der Waals surface area contributed by atoms with Crippen molar-refractivity contribution in [3.8, 4) is 11.5 Å². The molecule has 0 aliphatic heterocycles. The van der Waals surface area contributed by atoms with E-state index in [1.807, 2.05) is 6.07 Å². The second kappa shape index (κ2) is 7.86. The van der Waals surface area contributed by atoms with E-state index >= 15 is 0 Å². The van der Waals surface area contributed by atoms with Crippen molar-refractivity contribution in [3.05, 3.63) is 63.2 Å². The Labute approximate surface area is 151 Å². The molecule has 0 unspecified atom stereocenters. The fraction of sp³-hybridized carbons (Fsp3) is 0.316. The molecule has 0 atom stereocenters. The van der Waals surface area contributed by atoms with Crippen molar-refractivity contribution in [2.24, 2.45) is 0 Å². The summed E-state index contributed by atoms with van der Waals surface area (Å²) in [6.45, 7) is 0.320. The van der Waals surface area contributed by atoms with Crippen molar-refractivity contribution in [2.75, 3.05) is 7.05 Å². The first kappa shape index (κ1) is 17.7. The topological polar surface area (TPSA) is 90.7 Å². The number of nitrogens with one attached hydrogen (secondary N) is 1. The van der Waals surface area contributed by atoms with Crippen LogP contribution >= 0.6 is 0 Å². The second-order valence-electron chi connectivity index (χ2n) is 6.08. The minimum Gasteiger partial charge on any atom is -0.489 e. The fourth-order valence-corrected chi connectivity index (χ4v) is 3.06. The normalized spacial score (nSPS) is 12.8. The third-order valence-electron chi connectivity index (χ3n) is 4.40. The van der Waals surface area contributed by atoms with Crippen LogP contribution in [0, 0.1) is 10.1 Å². The summed E-state index contributed by atoms with van der Waals surface area (Å²) in [5.41, 5.74) is 2.99. The molecule has 2 aromatic rings. The Kier molecular flexibility index (Phi) is 5.36. The minimum absolute atomic E-state index is 0.0573. The van der Waals surface area contributed by atoms with Crippen LogP contribution in [-0.4, -0.2) is 18.1 Å². The quantitative estimate of drug-likeness (QED) is 0.650. The van der Waals surface area contributed by atoms with Gasteiger partial charge in [-0.2, -0.15) is 0 Å². The molecule has 26 heavy (non-hydrogen) atoms. The molecule has 3 rings (SSSR count). The number of carbonyl (C=O) groups excluding carboxylic acids is 1. The first-order chi connectivity index (χ1) is 12.6. The number of nitrogens with zero attached hydrogens (tertiary/aromatic N) is 1. The van der Waals surface area contributed by atoms with Crippen LogP contribution in [0.1, 0.15) is 29.5 Å². The molecule has 1 aliphatic rings. The summed E-state index contributed by atoms with van der Waals surface area (Å²) in [6, 6.07) is 9.88. The average Bonchev–Trinajstić information content (AvgIpc) is 2.67. The van der Waals surface area contributed by atoms with Crippen LogP contribution in [0.2, 0.25) is 0 Å². The van der Waals surface area contributed by atoms with Gasteiger partial charge in [0, 0.05) is 30.3 Å². The highest BCUT2D eigenvalue weighted by molar-refractivity contribution is 5.71. The summed E-state index contributed by atoms with van der Waals surface area (Å²) in [7, 11) is 1.52.